The van der Waals surface area contributed by atoms with Gasteiger partial charge < -0.3 is 4.74 Å². The maximum absolute atomic E-state index is 15.0. The molecule has 2 fully saturated rings. The van der Waals surface area contributed by atoms with E-state index < -0.39 is 17.5 Å². The van der Waals surface area contributed by atoms with Crippen molar-refractivity contribution in [2.24, 2.45) is 17.8 Å². The summed E-state index contributed by atoms with van der Waals surface area (Å²) in [5.41, 5.74) is 0.408. The van der Waals surface area contributed by atoms with Gasteiger partial charge in [-0.05, 0) is 78.9 Å². The molecule has 0 aromatic heterocycles. The summed E-state index contributed by atoms with van der Waals surface area (Å²) in [6, 6.07) is 4.74. The molecule has 2 aromatic carbocycles. The zero-order valence-corrected chi connectivity index (χ0v) is 17.0. The zero-order chi connectivity index (χ0) is 20.5. The van der Waals surface area contributed by atoms with E-state index in [2.05, 4.69) is 13.5 Å². The standard InChI is InChI=1S/C25H29F3O/c1-3-11-29-21-10-9-19-14-20(23(26)25(28)22(19)24(21)27)18-8-7-16-12-15(4-2)5-6-17(16)13-18/h3,9-10,14-18H,1,4-8,11-13H2,2H3. The minimum atomic E-state index is -1.10. The lowest BCUT2D eigenvalue weighted by atomic mass is 9.63. The van der Waals surface area contributed by atoms with Gasteiger partial charge in [-0.1, -0.05) is 38.5 Å². The summed E-state index contributed by atoms with van der Waals surface area (Å²) in [5.74, 6) is -0.790. The van der Waals surface area contributed by atoms with Gasteiger partial charge in [0, 0.05) is 0 Å². The number of hydrogen-bond donors (Lipinski definition) is 0. The molecule has 2 aromatic rings. The minimum Gasteiger partial charge on any atom is -0.486 e. The Morgan fingerprint density at radius 1 is 1.00 bits per heavy atom. The minimum absolute atomic E-state index is 0.00748. The Hall–Kier alpha value is -1.97. The Labute approximate surface area is 170 Å². The number of halogens is 3. The highest BCUT2D eigenvalue weighted by Gasteiger charge is 2.37. The summed E-state index contributed by atoms with van der Waals surface area (Å²) >= 11 is 0. The molecule has 1 nitrogen and oxygen atoms in total. The van der Waals surface area contributed by atoms with Crippen molar-refractivity contribution >= 4 is 10.8 Å². The van der Waals surface area contributed by atoms with Gasteiger partial charge in [0.2, 0.25) is 0 Å². The second-order valence-corrected chi connectivity index (χ2v) is 8.79. The summed E-state index contributed by atoms with van der Waals surface area (Å²) in [6.45, 7) is 5.88. The van der Waals surface area contributed by atoms with Crippen LogP contribution < -0.4 is 4.74 Å². The first-order valence-corrected chi connectivity index (χ1v) is 10.9. The van der Waals surface area contributed by atoms with E-state index in [1.54, 1.807) is 12.1 Å². The molecule has 0 bridgehead atoms. The normalized spacial score (nSPS) is 26.9. The molecule has 0 aliphatic heterocycles. The quantitative estimate of drug-likeness (QED) is 0.470. The van der Waals surface area contributed by atoms with Gasteiger partial charge in [-0.2, -0.15) is 0 Å². The average Bonchev–Trinajstić information content (AvgIpc) is 2.74. The lowest BCUT2D eigenvalue weighted by Gasteiger charge is -2.42. The van der Waals surface area contributed by atoms with Crippen LogP contribution in [0.3, 0.4) is 0 Å². The molecule has 0 N–H and O–H groups in total. The lowest BCUT2D eigenvalue weighted by Crippen LogP contribution is -2.30. The van der Waals surface area contributed by atoms with Crippen molar-refractivity contribution in [1.82, 2.24) is 0 Å². The fraction of sp³-hybridized carbons (Fsp3) is 0.520. The van der Waals surface area contributed by atoms with E-state index in [9.17, 15) is 8.78 Å². The average molecular weight is 403 g/mol. The third kappa shape index (κ3) is 3.78. The molecule has 0 heterocycles. The van der Waals surface area contributed by atoms with Crippen molar-refractivity contribution in [3.05, 3.63) is 53.9 Å². The number of ether oxygens (including phenoxy) is 1. The maximum atomic E-state index is 15.0. The van der Waals surface area contributed by atoms with Crippen molar-refractivity contribution in [1.29, 1.82) is 0 Å². The van der Waals surface area contributed by atoms with E-state index in [1.807, 2.05) is 0 Å². The number of fused-ring (bicyclic) bond motifs is 2. The van der Waals surface area contributed by atoms with Crippen LogP contribution in [0, 0.1) is 35.2 Å². The molecule has 4 heteroatoms. The van der Waals surface area contributed by atoms with Crippen molar-refractivity contribution in [3.63, 3.8) is 0 Å². The molecule has 156 valence electrons. The van der Waals surface area contributed by atoms with E-state index >= 15 is 4.39 Å². The van der Waals surface area contributed by atoms with E-state index in [0.29, 0.717) is 16.9 Å². The van der Waals surface area contributed by atoms with Gasteiger partial charge in [0.15, 0.2) is 23.2 Å². The van der Waals surface area contributed by atoms with Gasteiger partial charge in [0.05, 0.1) is 5.39 Å². The molecule has 0 saturated heterocycles. The maximum Gasteiger partial charge on any atom is 0.175 e. The second-order valence-electron chi connectivity index (χ2n) is 8.79. The fourth-order valence-electron chi connectivity index (χ4n) is 5.58. The summed E-state index contributed by atoms with van der Waals surface area (Å²) in [4.78, 5) is 0. The van der Waals surface area contributed by atoms with Crippen molar-refractivity contribution < 1.29 is 17.9 Å². The highest BCUT2D eigenvalue weighted by molar-refractivity contribution is 5.86. The molecule has 29 heavy (non-hydrogen) atoms. The van der Waals surface area contributed by atoms with Crippen LogP contribution in [0.25, 0.3) is 10.8 Å². The second kappa shape index (κ2) is 8.41. The van der Waals surface area contributed by atoms with Crippen LogP contribution in [0.4, 0.5) is 13.2 Å². The Kier molecular flexibility index (Phi) is 5.89. The van der Waals surface area contributed by atoms with Gasteiger partial charge in [-0.15, -0.1) is 0 Å². The number of benzene rings is 2. The van der Waals surface area contributed by atoms with Gasteiger partial charge in [0.25, 0.3) is 0 Å². The first kappa shape index (κ1) is 20.3. The number of rotatable bonds is 5. The van der Waals surface area contributed by atoms with E-state index in [0.717, 1.165) is 31.1 Å². The molecule has 4 atom stereocenters. The van der Waals surface area contributed by atoms with Crippen LogP contribution in [-0.2, 0) is 0 Å². The first-order chi connectivity index (χ1) is 14.0. The molecule has 2 saturated carbocycles. The predicted octanol–water partition coefficient (Wildman–Crippen LogP) is 7.53. The van der Waals surface area contributed by atoms with Gasteiger partial charge >= 0.3 is 0 Å². The van der Waals surface area contributed by atoms with Crippen molar-refractivity contribution in [2.45, 2.75) is 57.8 Å². The Morgan fingerprint density at radius 2 is 1.76 bits per heavy atom. The van der Waals surface area contributed by atoms with Crippen molar-refractivity contribution in [3.8, 4) is 5.75 Å². The summed E-state index contributed by atoms with van der Waals surface area (Å²) < 4.78 is 49.9. The third-order valence-corrected chi connectivity index (χ3v) is 7.21. The molecule has 0 spiro atoms. The van der Waals surface area contributed by atoms with Crippen LogP contribution in [0.1, 0.15) is 63.4 Å². The molecular weight excluding hydrogens is 373 g/mol. The summed E-state index contributed by atoms with van der Waals surface area (Å²) in [5, 5.41) is 0.0594. The lowest BCUT2D eigenvalue weighted by molar-refractivity contribution is 0.115. The Bertz CT molecular complexity index is 907. The molecule has 2 aliphatic carbocycles. The highest BCUT2D eigenvalue weighted by Crippen LogP contribution is 2.49. The molecule has 4 unspecified atom stereocenters. The molecule has 0 radical (unpaired) electrons. The predicted molar refractivity (Wildman–Crippen MR) is 111 cm³/mol. The third-order valence-electron chi connectivity index (χ3n) is 7.21. The first-order valence-electron chi connectivity index (χ1n) is 10.9. The van der Waals surface area contributed by atoms with E-state index in [4.69, 9.17) is 4.74 Å². The molecular formula is C25H29F3O. The summed E-state index contributed by atoms with van der Waals surface area (Å²) in [6.07, 6.45) is 9.30. The van der Waals surface area contributed by atoms with Crippen LogP contribution in [0.2, 0.25) is 0 Å². The van der Waals surface area contributed by atoms with Gasteiger partial charge in [-0.3, -0.25) is 0 Å². The molecule has 2 aliphatic rings. The zero-order valence-electron chi connectivity index (χ0n) is 17.0. The van der Waals surface area contributed by atoms with Crippen LogP contribution in [0.5, 0.6) is 5.75 Å². The topological polar surface area (TPSA) is 9.23 Å². The largest absolute Gasteiger partial charge is 0.486 e. The Morgan fingerprint density at radius 3 is 2.52 bits per heavy atom. The summed E-state index contributed by atoms with van der Waals surface area (Å²) in [7, 11) is 0. The SMILES string of the molecule is C=CCOc1ccc2cc(C3CCC4CC(CC)CCC4C3)c(F)c(F)c2c1F. The highest BCUT2D eigenvalue weighted by atomic mass is 19.2. The molecule has 4 rings (SSSR count). The van der Waals surface area contributed by atoms with Crippen molar-refractivity contribution in [2.75, 3.05) is 6.61 Å². The van der Waals surface area contributed by atoms with Crippen LogP contribution >= 0.6 is 0 Å². The van der Waals surface area contributed by atoms with Crippen LogP contribution in [0.15, 0.2) is 30.9 Å². The van der Waals surface area contributed by atoms with E-state index in [1.165, 1.54) is 37.8 Å². The molecule has 0 amide bonds. The number of hydrogen-bond acceptors (Lipinski definition) is 1. The fourth-order valence-corrected chi connectivity index (χ4v) is 5.58. The van der Waals surface area contributed by atoms with Gasteiger partial charge in [0.1, 0.15) is 6.61 Å². The van der Waals surface area contributed by atoms with E-state index in [-0.39, 0.29) is 23.7 Å². The monoisotopic (exact) mass is 402 g/mol. The smallest absolute Gasteiger partial charge is 0.175 e. The van der Waals surface area contributed by atoms with Gasteiger partial charge in [-0.25, -0.2) is 13.2 Å². The Balaban J connectivity index is 1.63. The van der Waals surface area contributed by atoms with Crippen LogP contribution in [-0.4, -0.2) is 6.61 Å².